The summed E-state index contributed by atoms with van der Waals surface area (Å²) in [6.45, 7) is 1.43. The average Bonchev–Trinajstić information content (AvgIpc) is 2.49. The van der Waals surface area contributed by atoms with Crippen molar-refractivity contribution < 1.29 is 33.0 Å². The van der Waals surface area contributed by atoms with Crippen LogP contribution in [0.15, 0.2) is 29.5 Å². The molecule has 0 saturated heterocycles. The fourth-order valence-electron chi connectivity index (χ4n) is 2.64. The zero-order chi connectivity index (χ0) is 19.6. The maximum atomic E-state index is 13.8. The van der Waals surface area contributed by atoms with Gasteiger partial charge in [-0.25, -0.2) is 22.9 Å². The third kappa shape index (κ3) is 3.96. The Morgan fingerprint density at radius 2 is 2.12 bits per heavy atom. The van der Waals surface area contributed by atoms with E-state index in [1.54, 1.807) is 0 Å². The van der Waals surface area contributed by atoms with Gasteiger partial charge in [0.15, 0.2) is 0 Å². The van der Waals surface area contributed by atoms with Crippen molar-refractivity contribution in [2.24, 2.45) is 0 Å². The number of aliphatic hydroxyl groups is 1. The number of amides is 2. The van der Waals surface area contributed by atoms with E-state index in [1.807, 2.05) is 0 Å². The third-order valence-corrected chi connectivity index (χ3v) is 4.12. The third-order valence-electron chi connectivity index (χ3n) is 3.81. The molecule has 0 unspecified atom stereocenters. The number of rotatable bonds is 4. The molecule has 2 amide bonds. The number of carbonyl (C=O) groups excluding carboxylic acids is 1. The van der Waals surface area contributed by atoms with Crippen molar-refractivity contribution in [2.45, 2.75) is 32.2 Å². The topological polar surface area (TPSA) is 89.9 Å². The number of carboxylic acid groups (broad SMARTS) is 1. The summed E-state index contributed by atoms with van der Waals surface area (Å²) >= 11 is 5.03. The number of anilines is 1. The first-order chi connectivity index (χ1) is 12.1. The molecule has 1 aliphatic heterocycles. The van der Waals surface area contributed by atoms with Crippen molar-refractivity contribution in [1.82, 2.24) is 4.90 Å². The smallest absolute Gasteiger partial charge is 0.414 e. The minimum absolute atomic E-state index is 0.0936. The number of alkyl halides is 2. The molecule has 3 N–H and O–H groups in total. The van der Waals surface area contributed by atoms with Crippen molar-refractivity contribution in [3.63, 3.8) is 0 Å². The molecule has 0 aromatic heterocycles. The lowest BCUT2D eigenvalue weighted by molar-refractivity contribution is -0.127. The Morgan fingerprint density at radius 1 is 1.46 bits per heavy atom. The molecule has 1 aromatic carbocycles. The largest absolute Gasteiger partial charge is 0.511 e. The van der Waals surface area contributed by atoms with Gasteiger partial charge in [-0.3, -0.25) is 4.79 Å². The molecule has 1 atom stereocenters. The van der Waals surface area contributed by atoms with E-state index >= 15 is 0 Å². The molecule has 26 heavy (non-hydrogen) atoms. The van der Waals surface area contributed by atoms with Crippen LogP contribution in [-0.2, 0) is 11.2 Å². The number of hydrogen-bond donors (Lipinski definition) is 3. The normalized spacial score (nSPS) is 17.7. The number of carbonyl (C=O) groups is 2. The van der Waals surface area contributed by atoms with Crippen LogP contribution >= 0.6 is 12.2 Å². The first kappa shape index (κ1) is 19.7. The van der Waals surface area contributed by atoms with Gasteiger partial charge in [0.05, 0.1) is 0 Å². The van der Waals surface area contributed by atoms with Gasteiger partial charge in [0.25, 0.3) is 5.91 Å². The summed E-state index contributed by atoms with van der Waals surface area (Å²) in [6, 6.07) is 2.76. The molecule has 10 heteroatoms. The summed E-state index contributed by atoms with van der Waals surface area (Å²) in [6.07, 6.45) is -5.36. The maximum absolute atomic E-state index is 13.8. The Morgan fingerprint density at radius 3 is 2.69 bits per heavy atom. The van der Waals surface area contributed by atoms with Gasteiger partial charge in [-0.05, 0) is 19.1 Å². The van der Waals surface area contributed by atoms with Crippen LogP contribution in [0.2, 0.25) is 0 Å². The molecule has 1 heterocycles. The molecule has 2 rings (SSSR count). The van der Waals surface area contributed by atoms with Gasteiger partial charge in [-0.1, -0.05) is 18.3 Å². The summed E-state index contributed by atoms with van der Waals surface area (Å²) in [4.78, 5) is 23.7. The zero-order valence-corrected chi connectivity index (χ0v) is 14.3. The first-order valence-corrected chi connectivity index (χ1v) is 7.89. The van der Waals surface area contributed by atoms with Crippen molar-refractivity contribution in [3.8, 4) is 0 Å². The lowest BCUT2D eigenvalue weighted by Gasteiger charge is -2.30. The van der Waals surface area contributed by atoms with E-state index in [9.17, 15) is 27.9 Å². The Kier molecular flexibility index (Phi) is 5.86. The second-order valence-corrected chi connectivity index (χ2v) is 6.06. The Bertz CT molecular complexity index is 798. The first-order valence-electron chi connectivity index (χ1n) is 7.49. The highest BCUT2D eigenvalue weighted by molar-refractivity contribution is 7.81. The van der Waals surface area contributed by atoms with E-state index < -0.39 is 48.0 Å². The molecule has 0 fully saturated rings. The van der Waals surface area contributed by atoms with Crippen molar-refractivity contribution in [2.75, 3.05) is 5.32 Å². The van der Waals surface area contributed by atoms with Crippen LogP contribution in [-0.4, -0.2) is 44.6 Å². The van der Waals surface area contributed by atoms with Gasteiger partial charge in [0.2, 0.25) is 6.43 Å². The van der Waals surface area contributed by atoms with Crippen LogP contribution in [0.25, 0.3) is 0 Å². The Balaban J connectivity index is 2.36. The van der Waals surface area contributed by atoms with E-state index in [4.69, 9.17) is 17.3 Å². The molecular formula is C16H15F3N2O4S. The molecule has 6 nitrogen and oxygen atoms in total. The molecule has 1 aromatic rings. The SMILES string of the molecule is C[C@@H]1CC(O)=C(C(=S)Nc2cccc(F)c2CC(F)F)C(=O)N1C(=O)O. The van der Waals surface area contributed by atoms with Gasteiger partial charge in [-0.2, -0.15) is 0 Å². The van der Waals surface area contributed by atoms with E-state index in [0.717, 1.165) is 6.07 Å². The van der Waals surface area contributed by atoms with E-state index in [1.165, 1.54) is 19.1 Å². The number of halogens is 3. The number of aliphatic hydroxyl groups excluding tert-OH is 1. The molecule has 140 valence electrons. The van der Waals surface area contributed by atoms with Crippen molar-refractivity contribution in [3.05, 3.63) is 40.9 Å². The predicted octanol–water partition coefficient (Wildman–Crippen LogP) is 3.48. The van der Waals surface area contributed by atoms with E-state index in [0.29, 0.717) is 4.90 Å². The Labute approximate surface area is 151 Å². The number of imide groups is 1. The van der Waals surface area contributed by atoms with Gasteiger partial charge >= 0.3 is 6.09 Å². The van der Waals surface area contributed by atoms with Crippen molar-refractivity contribution in [1.29, 1.82) is 0 Å². The minimum atomic E-state index is -2.81. The van der Waals surface area contributed by atoms with Crippen LogP contribution in [0.4, 0.5) is 23.7 Å². The summed E-state index contributed by atoms with van der Waals surface area (Å²) in [7, 11) is 0. The molecule has 0 spiro atoms. The molecular weight excluding hydrogens is 373 g/mol. The molecule has 0 aliphatic carbocycles. The molecule has 0 bridgehead atoms. The van der Waals surface area contributed by atoms with Gasteiger partial charge in [0, 0.05) is 30.1 Å². The molecule has 0 radical (unpaired) electrons. The average molecular weight is 388 g/mol. The fourth-order valence-corrected chi connectivity index (χ4v) is 2.96. The fraction of sp³-hybridized carbons (Fsp3) is 0.312. The maximum Gasteiger partial charge on any atom is 0.414 e. The van der Waals surface area contributed by atoms with Crippen LogP contribution < -0.4 is 5.32 Å². The van der Waals surface area contributed by atoms with Gasteiger partial charge in [-0.15, -0.1) is 0 Å². The highest BCUT2D eigenvalue weighted by atomic mass is 32.1. The number of nitrogens with one attached hydrogen (secondary N) is 1. The summed E-state index contributed by atoms with van der Waals surface area (Å²) in [5, 5.41) is 21.6. The van der Waals surface area contributed by atoms with Crippen molar-refractivity contribution >= 4 is 34.9 Å². The second-order valence-electron chi connectivity index (χ2n) is 5.65. The molecule has 0 saturated carbocycles. The Hall–Kier alpha value is -2.62. The molecule has 1 aliphatic rings. The van der Waals surface area contributed by atoms with E-state index in [-0.39, 0.29) is 22.7 Å². The highest BCUT2D eigenvalue weighted by Crippen LogP contribution is 2.27. The van der Waals surface area contributed by atoms with Gasteiger partial charge < -0.3 is 15.5 Å². The number of hydrogen-bond acceptors (Lipinski definition) is 4. The lowest BCUT2D eigenvalue weighted by atomic mass is 10.0. The predicted molar refractivity (Wildman–Crippen MR) is 90.9 cm³/mol. The standard InChI is InChI=1S/C16H15F3N2O4S/c1-7-5-11(22)13(15(23)21(7)16(24)25)14(26)20-10-4-2-3-9(17)8(10)6-12(18)19/h2-4,7,12,22H,5-6H2,1H3,(H,20,26)(H,24,25)/t7-/m1/s1. The van der Waals surface area contributed by atoms with Gasteiger partial charge in [0.1, 0.15) is 22.1 Å². The highest BCUT2D eigenvalue weighted by Gasteiger charge is 2.38. The minimum Gasteiger partial charge on any atom is -0.511 e. The summed E-state index contributed by atoms with van der Waals surface area (Å²) < 4.78 is 39.2. The van der Waals surface area contributed by atoms with E-state index in [2.05, 4.69) is 5.32 Å². The number of thiocarbonyl (C=S) groups is 1. The van der Waals surface area contributed by atoms with Crippen LogP contribution in [0, 0.1) is 5.82 Å². The summed E-state index contributed by atoms with van der Waals surface area (Å²) in [5.74, 6) is -2.35. The van der Waals surface area contributed by atoms with Crippen LogP contribution in [0.1, 0.15) is 18.9 Å². The lowest BCUT2D eigenvalue weighted by Crippen LogP contribution is -2.48. The van der Waals surface area contributed by atoms with Crippen LogP contribution in [0.5, 0.6) is 0 Å². The second kappa shape index (κ2) is 7.73. The quantitative estimate of drug-likeness (QED) is 0.685. The van der Waals surface area contributed by atoms with Crippen LogP contribution in [0.3, 0.4) is 0 Å². The zero-order valence-electron chi connectivity index (χ0n) is 13.5. The summed E-state index contributed by atoms with van der Waals surface area (Å²) in [5.41, 5.74) is -0.895. The number of benzene rings is 1. The monoisotopic (exact) mass is 388 g/mol. The number of nitrogens with zero attached hydrogens (tertiary/aromatic N) is 1.